The number of rotatable bonds is 5. The Labute approximate surface area is 169 Å². The van der Waals surface area contributed by atoms with Gasteiger partial charge in [-0.3, -0.25) is 4.79 Å². The Morgan fingerprint density at radius 1 is 1.14 bits per heavy atom. The lowest BCUT2D eigenvalue weighted by atomic mass is 10.2. The van der Waals surface area contributed by atoms with Crippen LogP contribution in [0.1, 0.15) is 11.1 Å². The average Bonchev–Trinajstić information content (AvgIpc) is 2.70. The zero-order valence-corrected chi connectivity index (χ0v) is 17.0. The van der Waals surface area contributed by atoms with Gasteiger partial charge in [-0.15, -0.1) is 0 Å². The molecule has 1 aliphatic heterocycles. The molecule has 0 aromatic heterocycles. The molecule has 1 heterocycles. The first-order valence-corrected chi connectivity index (χ1v) is 10.6. The highest BCUT2D eigenvalue weighted by Gasteiger charge is 2.25. The predicted molar refractivity (Wildman–Crippen MR) is 110 cm³/mol. The van der Waals surface area contributed by atoms with E-state index in [-0.39, 0.29) is 10.8 Å². The van der Waals surface area contributed by atoms with Gasteiger partial charge >= 0.3 is 0 Å². The molecular weight excluding hydrogens is 400 g/mol. The van der Waals surface area contributed by atoms with E-state index >= 15 is 0 Å². The number of hydrogen-bond donors (Lipinski definition) is 1. The molecule has 1 fully saturated rings. The Bertz CT molecular complexity index is 982. The quantitative estimate of drug-likeness (QED) is 0.753. The average molecular weight is 421 g/mol. The molecule has 0 unspecified atom stereocenters. The highest BCUT2D eigenvalue weighted by molar-refractivity contribution is 7.89. The molecule has 1 saturated heterocycles. The minimum absolute atomic E-state index is 0.227. The van der Waals surface area contributed by atoms with Crippen molar-refractivity contribution in [3.8, 4) is 0 Å². The van der Waals surface area contributed by atoms with Gasteiger partial charge in [0.05, 0.1) is 18.1 Å². The van der Waals surface area contributed by atoms with Gasteiger partial charge in [0, 0.05) is 29.9 Å². The maximum Gasteiger partial charge on any atom is 0.248 e. The van der Waals surface area contributed by atoms with Crippen molar-refractivity contribution in [3.05, 3.63) is 64.7 Å². The molecule has 28 heavy (non-hydrogen) atoms. The van der Waals surface area contributed by atoms with Crippen LogP contribution in [0.2, 0.25) is 5.02 Å². The molecule has 2 aromatic carbocycles. The van der Waals surface area contributed by atoms with E-state index in [1.807, 2.05) is 13.0 Å². The van der Waals surface area contributed by atoms with Gasteiger partial charge in [-0.1, -0.05) is 29.8 Å². The summed E-state index contributed by atoms with van der Waals surface area (Å²) in [7, 11) is -3.52. The van der Waals surface area contributed by atoms with Crippen molar-refractivity contribution in [2.24, 2.45) is 0 Å². The third-order valence-electron chi connectivity index (χ3n) is 4.35. The smallest absolute Gasteiger partial charge is 0.248 e. The summed E-state index contributed by atoms with van der Waals surface area (Å²) in [5, 5.41) is 3.32. The highest BCUT2D eigenvalue weighted by atomic mass is 35.5. The zero-order valence-electron chi connectivity index (χ0n) is 15.4. The maximum atomic E-state index is 12.6. The van der Waals surface area contributed by atoms with Gasteiger partial charge in [0.25, 0.3) is 0 Å². The summed E-state index contributed by atoms with van der Waals surface area (Å²) >= 11 is 6.05. The minimum atomic E-state index is -3.52. The van der Waals surface area contributed by atoms with Gasteiger partial charge in [-0.2, -0.15) is 4.31 Å². The number of carbonyl (C=O) groups excluding carboxylic acids is 1. The number of nitrogens with one attached hydrogen (secondary N) is 1. The molecule has 6 nitrogen and oxygen atoms in total. The molecule has 148 valence electrons. The van der Waals surface area contributed by atoms with Crippen molar-refractivity contribution in [2.75, 3.05) is 31.6 Å². The molecule has 3 rings (SSSR count). The van der Waals surface area contributed by atoms with Gasteiger partial charge in [0.1, 0.15) is 0 Å². The van der Waals surface area contributed by atoms with E-state index in [1.165, 1.54) is 10.4 Å². The van der Waals surface area contributed by atoms with E-state index in [2.05, 4.69) is 5.32 Å². The molecule has 8 heteroatoms. The number of aryl methyl sites for hydroxylation is 1. The van der Waals surface area contributed by atoms with Crippen LogP contribution in [0.4, 0.5) is 5.69 Å². The number of benzene rings is 2. The summed E-state index contributed by atoms with van der Waals surface area (Å²) in [4.78, 5) is 12.3. The number of carbonyl (C=O) groups is 1. The number of sulfonamides is 1. The Morgan fingerprint density at radius 3 is 2.46 bits per heavy atom. The van der Waals surface area contributed by atoms with Gasteiger partial charge in [0.2, 0.25) is 15.9 Å². The van der Waals surface area contributed by atoms with Crippen LogP contribution < -0.4 is 5.32 Å². The molecule has 1 aliphatic rings. The van der Waals surface area contributed by atoms with Crippen LogP contribution in [0.15, 0.2) is 53.4 Å². The monoisotopic (exact) mass is 420 g/mol. The summed E-state index contributed by atoms with van der Waals surface area (Å²) in [5.41, 5.74) is 2.26. The van der Waals surface area contributed by atoms with Crippen LogP contribution in [0.3, 0.4) is 0 Å². The van der Waals surface area contributed by atoms with Gasteiger partial charge in [-0.25, -0.2) is 8.42 Å². The second kappa shape index (κ2) is 8.87. The fourth-order valence-corrected chi connectivity index (χ4v) is 4.30. The van der Waals surface area contributed by atoms with E-state index < -0.39 is 10.0 Å². The van der Waals surface area contributed by atoms with Gasteiger partial charge in [0.15, 0.2) is 0 Å². The van der Waals surface area contributed by atoms with Crippen molar-refractivity contribution in [3.63, 3.8) is 0 Å². The molecule has 0 spiro atoms. The van der Waals surface area contributed by atoms with Crippen LogP contribution in [0.5, 0.6) is 0 Å². The Hall–Kier alpha value is -2.19. The number of ether oxygens (including phenoxy) is 1. The molecule has 0 bridgehead atoms. The highest BCUT2D eigenvalue weighted by Crippen LogP contribution is 2.20. The number of nitrogens with zero attached hydrogens (tertiary/aromatic N) is 1. The summed E-state index contributed by atoms with van der Waals surface area (Å²) in [5.74, 6) is -0.301. The summed E-state index contributed by atoms with van der Waals surface area (Å²) in [6.07, 6.45) is 3.01. The van der Waals surface area contributed by atoms with E-state index in [0.29, 0.717) is 37.0 Å². The molecule has 0 saturated carbocycles. The Kier molecular flexibility index (Phi) is 6.51. The number of hydrogen-bond acceptors (Lipinski definition) is 4. The lowest BCUT2D eigenvalue weighted by molar-refractivity contribution is -0.111. The van der Waals surface area contributed by atoms with Crippen molar-refractivity contribution in [1.82, 2.24) is 4.31 Å². The third kappa shape index (κ3) is 4.99. The normalized spacial score (nSPS) is 15.6. The fourth-order valence-electron chi connectivity index (χ4n) is 2.71. The Balaban J connectivity index is 1.64. The van der Waals surface area contributed by atoms with E-state index in [1.54, 1.807) is 42.5 Å². The predicted octanol–water partition coefficient (Wildman–Crippen LogP) is 3.32. The fraction of sp³-hybridized carbons (Fsp3) is 0.250. The van der Waals surface area contributed by atoms with Crippen LogP contribution in [0.25, 0.3) is 6.08 Å². The molecule has 2 aromatic rings. The van der Waals surface area contributed by atoms with E-state index in [0.717, 1.165) is 11.1 Å². The lowest BCUT2D eigenvalue weighted by Gasteiger charge is -2.26. The van der Waals surface area contributed by atoms with Crippen molar-refractivity contribution in [1.29, 1.82) is 0 Å². The number of morpholine rings is 1. The van der Waals surface area contributed by atoms with E-state index in [9.17, 15) is 13.2 Å². The number of anilines is 1. The molecule has 1 N–H and O–H groups in total. The third-order valence-corrected chi connectivity index (χ3v) is 6.67. The second-order valence-corrected chi connectivity index (χ2v) is 8.72. The van der Waals surface area contributed by atoms with Crippen LogP contribution in [-0.2, 0) is 19.6 Å². The summed E-state index contributed by atoms with van der Waals surface area (Å²) in [6, 6.07) is 11.7. The SMILES string of the molecule is Cc1ccc(NC(=O)/C=C/c2ccc(S(=O)(=O)N3CCOCC3)cc2)cc1Cl. The molecular formula is C20H21ClN2O4S. The lowest BCUT2D eigenvalue weighted by Crippen LogP contribution is -2.40. The van der Waals surface area contributed by atoms with Gasteiger partial charge < -0.3 is 10.1 Å². The van der Waals surface area contributed by atoms with E-state index in [4.69, 9.17) is 16.3 Å². The summed E-state index contributed by atoms with van der Waals surface area (Å²) < 4.78 is 31.8. The first-order chi connectivity index (χ1) is 13.4. The van der Waals surface area contributed by atoms with Crippen molar-refractivity contribution >= 4 is 39.3 Å². The van der Waals surface area contributed by atoms with Crippen LogP contribution >= 0.6 is 11.6 Å². The van der Waals surface area contributed by atoms with Crippen LogP contribution in [-0.4, -0.2) is 44.9 Å². The van der Waals surface area contributed by atoms with Gasteiger partial charge in [-0.05, 0) is 48.4 Å². The maximum absolute atomic E-state index is 12.6. The molecule has 0 aliphatic carbocycles. The van der Waals surface area contributed by atoms with Crippen molar-refractivity contribution < 1.29 is 17.9 Å². The molecule has 0 atom stereocenters. The number of halogens is 1. The first-order valence-electron chi connectivity index (χ1n) is 8.79. The van der Waals surface area contributed by atoms with Crippen LogP contribution in [0, 0.1) is 6.92 Å². The number of amides is 1. The summed E-state index contributed by atoms with van der Waals surface area (Å²) in [6.45, 7) is 3.40. The molecule has 0 radical (unpaired) electrons. The topological polar surface area (TPSA) is 75.7 Å². The minimum Gasteiger partial charge on any atom is -0.379 e. The second-order valence-electron chi connectivity index (χ2n) is 6.37. The zero-order chi connectivity index (χ0) is 20.1. The standard InChI is InChI=1S/C20H21ClN2O4S/c1-15-2-6-17(14-19(15)21)22-20(24)9-5-16-3-7-18(8-4-16)28(25,26)23-10-12-27-13-11-23/h2-9,14H,10-13H2,1H3,(H,22,24)/b9-5+. The molecule has 1 amide bonds. The van der Waals surface area contributed by atoms with Crippen molar-refractivity contribution in [2.45, 2.75) is 11.8 Å². The first kappa shape index (κ1) is 20.5. The Morgan fingerprint density at radius 2 is 1.82 bits per heavy atom. The largest absolute Gasteiger partial charge is 0.379 e.